The summed E-state index contributed by atoms with van der Waals surface area (Å²) in [7, 11) is 0. The van der Waals surface area contributed by atoms with Crippen LogP contribution < -0.4 is 11.1 Å². The summed E-state index contributed by atoms with van der Waals surface area (Å²) in [5.41, 5.74) is 5.72. The van der Waals surface area contributed by atoms with Gasteiger partial charge in [-0.25, -0.2) is 9.18 Å². The van der Waals surface area contributed by atoms with E-state index in [0.29, 0.717) is 5.56 Å². The van der Waals surface area contributed by atoms with Crippen molar-refractivity contribution in [3.63, 3.8) is 0 Å². The monoisotopic (exact) mass is 288 g/mol. The first kappa shape index (κ1) is 14.5. The van der Waals surface area contributed by atoms with Gasteiger partial charge in [-0.2, -0.15) is 0 Å². The first-order valence-electron chi connectivity index (χ1n) is 6.12. The lowest BCUT2D eigenvalue weighted by molar-refractivity contribution is -0.139. The Bertz CT molecular complexity index is 674. The number of halogens is 1. The van der Waals surface area contributed by atoms with Gasteiger partial charge in [0.15, 0.2) is 6.04 Å². The van der Waals surface area contributed by atoms with Crippen LogP contribution in [0.15, 0.2) is 48.5 Å². The second kappa shape index (κ2) is 6.04. The number of benzene rings is 2. The summed E-state index contributed by atoms with van der Waals surface area (Å²) in [4.78, 5) is 23.3. The number of hydrogen-bond acceptors (Lipinski definition) is 3. The van der Waals surface area contributed by atoms with Gasteiger partial charge in [0.2, 0.25) is 0 Å². The van der Waals surface area contributed by atoms with Crippen molar-refractivity contribution < 1.29 is 19.1 Å². The molecule has 0 unspecified atom stereocenters. The van der Waals surface area contributed by atoms with Gasteiger partial charge < -0.3 is 16.2 Å². The summed E-state index contributed by atoms with van der Waals surface area (Å²) < 4.78 is 13.7. The van der Waals surface area contributed by atoms with Crippen LogP contribution in [0.2, 0.25) is 0 Å². The van der Waals surface area contributed by atoms with Gasteiger partial charge in [-0.3, -0.25) is 4.79 Å². The van der Waals surface area contributed by atoms with Crippen molar-refractivity contribution in [3.05, 3.63) is 65.5 Å². The lowest BCUT2D eigenvalue weighted by atomic mass is 10.1. The number of carbonyl (C=O) groups excluding carboxylic acids is 1. The highest BCUT2D eigenvalue weighted by atomic mass is 19.1. The molecule has 0 fully saturated rings. The fourth-order valence-corrected chi connectivity index (χ4v) is 1.86. The molecule has 0 spiro atoms. The van der Waals surface area contributed by atoms with E-state index in [2.05, 4.69) is 5.32 Å². The van der Waals surface area contributed by atoms with E-state index >= 15 is 0 Å². The Morgan fingerprint density at radius 2 is 1.81 bits per heavy atom. The molecule has 1 atom stereocenters. The number of anilines is 1. The molecule has 21 heavy (non-hydrogen) atoms. The highest BCUT2D eigenvalue weighted by Crippen LogP contribution is 2.16. The van der Waals surface area contributed by atoms with Gasteiger partial charge >= 0.3 is 5.97 Å². The average Bonchev–Trinajstić information content (AvgIpc) is 2.45. The van der Waals surface area contributed by atoms with Crippen LogP contribution in [-0.2, 0) is 4.79 Å². The molecule has 4 N–H and O–H groups in total. The smallest absolute Gasteiger partial charge is 0.330 e. The number of hydrogen-bond donors (Lipinski definition) is 3. The first-order chi connectivity index (χ1) is 9.99. The van der Waals surface area contributed by atoms with Crippen LogP contribution >= 0.6 is 0 Å². The van der Waals surface area contributed by atoms with Gasteiger partial charge in [0, 0.05) is 5.69 Å². The SMILES string of the molecule is Nc1ccc(C(=O)N[C@H](C(=O)O)c2ccccc2)c(F)c1. The van der Waals surface area contributed by atoms with Crippen molar-refractivity contribution in [2.24, 2.45) is 0 Å². The first-order valence-corrected chi connectivity index (χ1v) is 6.12. The molecule has 2 rings (SSSR count). The third-order valence-corrected chi connectivity index (χ3v) is 2.89. The second-order valence-electron chi connectivity index (χ2n) is 4.39. The van der Waals surface area contributed by atoms with Crippen LogP contribution in [-0.4, -0.2) is 17.0 Å². The Kier molecular flexibility index (Phi) is 4.18. The highest BCUT2D eigenvalue weighted by Gasteiger charge is 2.23. The van der Waals surface area contributed by atoms with E-state index in [-0.39, 0.29) is 11.3 Å². The minimum atomic E-state index is -1.25. The topological polar surface area (TPSA) is 92.4 Å². The number of carbonyl (C=O) groups is 2. The molecule has 1 amide bonds. The van der Waals surface area contributed by atoms with E-state index in [4.69, 9.17) is 5.73 Å². The Morgan fingerprint density at radius 3 is 2.38 bits per heavy atom. The number of carboxylic acids is 1. The molecule has 0 heterocycles. The van der Waals surface area contributed by atoms with Crippen molar-refractivity contribution >= 4 is 17.6 Å². The third-order valence-electron chi connectivity index (χ3n) is 2.89. The zero-order chi connectivity index (χ0) is 15.4. The molecule has 0 bridgehead atoms. The van der Waals surface area contributed by atoms with E-state index in [9.17, 15) is 19.1 Å². The summed E-state index contributed by atoms with van der Waals surface area (Å²) in [5, 5.41) is 11.5. The summed E-state index contributed by atoms with van der Waals surface area (Å²) in [5.74, 6) is -2.85. The largest absolute Gasteiger partial charge is 0.479 e. The van der Waals surface area contributed by atoms with Crippen molar-refractivity contribution in [1.29, 1.82) is 0 Å². The van der Waals surface area contributed by atoms with Crippen molar-refractivity contribution in [3.8, 4) is 0 Å². The molecular weight excluding hydrogens is 275 g/mol. The number of amides is 1. The average molecular weight is 288 g/mol. The normalized spacial score (nSPS) is 11.7. The van der Waals surface area contributed by atoms with E-state index < -0.39 is 23.7 Å². The molecule has 2 aromatic carbocycles. The predicted octanol–water partition coefficient (Wildman–Crippen LogP) is 1.96. The van der Waals surface area contributed by atoms with E-state index in [1.165, 1.54) is 12.1 Å². The van der Waals surface area contributed by atoms with Crippen molar-refractivity contribution in [1.82, 2.24) is 5.32 Å². The Balaban J connectivity index is 2.25. The van der Waals surface area contributed by atoms with E-state index in [1.807, 2.05) is 0 Å². The molecular formula is C15H13FN2O3. The fraction of sp³-hybridized carbons (Fsp3) is 0.0667. The number of rotatable bonds is 4. The van der Waals surface area contributed by atoms with Crippen molar-refractivity contribution in [2.75, 3.05) is 5.73 Å². The molecule has 5 nitrogen and oxygen atoms in total. The molecule has 0 aromatic heterocycles. The zero-order valence-corrected chi connectivity index (χ0v) is 10.9. The minimum Gasteiger partial charge on any atom is -0.479 e. The summed E-state index contributed by atoms with van der Waals surface area (Å²) in [6, 6.07) is 10.5. The molecule has 0 aliphatic carbocycles. The van der Waals surface area contributed by atoms with E-state index in [1.54, 1.807) is 30.3 Å². The van der Waals surface area contributed by atoms with Gasteiger partial charge in [0.05, 0.1) is 5.56 Å². The maximum atomic E-state index is 13.7. The molecule has 2 aromatic rings. The molecule has 108 valence electrons. The van der Waals surface area contributed by atoms with Crippen LogP contribution in [0.25, 0.3) is 0 Å². The van der Waals surface area contributed by atoms with Gasteiger partial charge in [-0.1, -0.05) is 30.3 Å². The quantitative estimate of drug-likeness (QED) is 0.750. The summed E-state index contributed by atoms with van der Waals surface area (Å²) >= 11 is 0. The maximum Gasteiger partial charge on any atom is 0.330 e. The molecule has 0 aliphatic heterocycles. The Labute approximate surface area is 120 Å². The number of nitrogens with one attached hydrogen (secondary N) is 1. The van der Waals surface area contributed by atoms with Crippen LogP contribution in [0.3, 0.4) is 0 Å². The number of carboxylic acid groups (broad SMARTS) is 1. The highest BCUT2D eigenvalue weighted by molar-refractivity contribution is 5.97. The van der Waals surface area contributed by atoms with Crippen LogP contribution in [0.1, 0.15) is 22.0 Å². The van der Waals surface area contributed by atoms with Gasteiger partial charge in [0.25, 0.3) is 5.91 Å². The van der Waals surface area contributed by atoms with Crippen LogP contribution in [0, 0.1) is 5.82 Å². The molecule has 0 aliphatic rings. The third kappa shape index (κ3) is 3.36. The van der Waals surface area contributed by atoms with Gasteiger partial charge in [-0.05, 0) is 23.8 Å². The van der Waals surface area contributed by atoms with Gasteiger partial charge in [0.1, 0.15) is 5.82 Å². The van der Waals surface area contributed by atoms with E-state index in [0.717, 1.165) is 6.07 Å². The molecule has 0 saturated carbocycles. The number of nitrogen functional groups attached to an aromatic ring is 1. The number of nitrogens with two attached hydrogens (primary N) is 1. The molecule has 6 heteroatoms. The van der Waals surface area contributed by atoms with Gasteiger partial charge in [-0.15, -0.1) is 0 Å². The Morgan fingerprint density at radius 1 is 1.14 bits per heavy atom. The predicted molar refractivity (Wildman–Crippen MR) is 75.1 cm³/mol. The summed E-state index contributed by atoms with van der Waals surface area (Å²) in [6.45, 7) is 0. The lowest BCUT2D eigenvalue weighted by Gasteiger charge is -2.15. The minimum absolute atomic E-state index is 0.182. The Hall–Kier alpha value is -2.89. The fourth-order valence-electron chi connectivity index (χ4n) is 1.86. The standard InChI is InChI=1S/C15H13FN2O3/c16-12-8-10(17)6-7-11(12)14(19)18-13(15(20)21)9-4-2-1-3-5-9/h1-8,13H,17H2,(H,18,19)(H,20,21)/t13-/m0/s1. The van der Waals surface area contributed by atoms with Crippen LogP contribution in [0.4, 0.5) is 10.1 Å². The zero-order valence-electron chi connectivity index (χ0n) is 10.9. The molecule has 0 saturated heterocycles. The lowest BCUT2D eigenvalue weighted by Crippen LogP contribution is -2.34. The number of aliphatic carboxylic acids is 1. The second-order valence-corrected chi connectivity index (χ2v) is 4.39. The molecule has 0 radical (unpaired) electrons. The van der Waals surface area contributed by atoms with Crippen molar-refractivity contribution in [2.45, 2.75) is 6.04 Å². The van der Waals surface area contributed by atoms with Crippen LogP contribution in [0.5, 0.6) is 0 Å². The maximum absolute atomic E-state index is 13.7. The summed E-state index contributed by atoms with van der Waals surface area (Å²) in [6.07, 6.45) is 0.